The minimum absolute atomic E-state index is 0.143. The predicted molar refractivity (Wildman–Crippen MR) is 69.7 cm³/mol. The molecule has 1 unspecified atom stereocenters. The Balaban J connectivity index is 2.62. The van der Waals surface area contributed by atoms with Crippen LogP contribution in [0.1, 0.15) is 5.56 Å². The zero-order valence-corrected chi connectivity index (χ0v) is 11.0. The number of hydrogen-bond acceptors (Lipinski definition) is 3. The molecule has 1 aromatic carbocycles. The van der Waals surface area contributed by atoms with Crippen LogP contribution in [0.15, 0.2) is 42.2 Å². The van der Waals surface area contributed by atoms with Crippen LogP contribution in [0.3, 0.4) is 0 Å². The fourth-order valence-electron chi connectivity index (χ4n) is 2.05. The van der Waals surface area contributed by atoms with Crippen molar-refractivity contribution in [2.45, 2.75) is 5.54 Å². The smallest absolute Gasteiger partial charge is 0.338 e. The molecule has 0 saturated carbocycles. The quantitative estimate of drug-likeness (QED) is 0.886. The van der Waals surface area contributed by atoms with Crippen LogP contribution in [0.25, 0.3) is 0 Å². The molecule has 1 aromatic rings. The van der Waals surface area contributed by atoms with Crippen LogP contribution in [-0.2, 0) is 10.3 Å². The van der Waals surface area contributed by atoms with Gasteiger partial charge >= 0.3 is 5.97 Å². The molecule has 0 saturated heterocycles. The topological polar surface area (TPSA) is 52.6 Å². The first-order chi connectivity index (χ1) is 9.36. The molecular weight excluding hydrogens is 266 g/mol. The Morgan fingerprint density at radius 3 is 2.60 bits per heavy atom. The predicted octanol–water partition coefficient (Wildman–Crippen LogP) is 1.81. The molecule has 0 bridgehead atoms. The molecule has 20 heavy (non-hydrogen) atoms. The number of hydrogen-bond donors (Lipinski definition) is 2. The van der Waals surface area contributed by atoms with Crippen LogP contribution in [0.4, 0.5) is 8.78 Å². The van der Waals surface area contributed by atoms with Gasteiger partial charge in [0.25, 0.3) is 0 Å². The van der Waals surface area contributed by atoms with E-state index in [0.29, 0.717) is 11.8 Å². The highest BCUT2D eigenvalue weighted by atomic mass is 19.1. The Bertz CT molecular complexity index is 611. The summed E-state index contributed by atoms with van der Waals surface area (Å²) in [4.78, 5) is 13.4. The summed E-state index contributed by atoms with van der Waals surface area (Å²) in [6.07, 6.45) is 4.50. The highest BCUT2D eigenvalue weighted by Crippen LogP contribution is 2.30. The molecule has 1 aliphatic heterocycles. The number of nitrogens with zero attached hydrogens (tertiary/aromatic N) is 1. The summed E-state index contributed by atoms with van der Waals surface area (Å²) in [5.74, 6) is -2.94. The van der Waals surface area contributed by atoms with Gasteiger partial charge in [0.2, 0.25) is 0 Å². The van der Waals surface area contributed by atoms with Crippen molar-refractivity contribution in [3.8, 4) is 0 Å². The molecule has 0 radical (unpaired) electrons. The molecule has 0 amide bonds. The van der Waals surface area contributed by atoms with Gasteiger partial charge in [-0.25, -0.2) is 13.6 Å². The van der Waals surface area contributed by atoms with Crippen molar-refractivity contribution in [3.63, 3.8) is 0 Å². The van der Waals surface area contributed by atoms with E-state index >= 15 is 0 Å². The number of benzene rings is 1. The van der Waals surface area contributed by atoms with Gasteiger partial charge in [0, 0.05) is 31.4 Å². The molecule has 6 heteroatoms. The Morgan fingerprint density at radius 1 is 1.35 bits per heavy atom. The summed E-state index contributed by atoms with van der Waals surface area (Å²) in [7, 11) is 3.49. The van der Waals surface area contributed by atoms with Crippen molar-refractivity contribution in [1.29, 1.82) is 0 Å². The van der Waals surface area contributed by atoms with E-state index in [0.717, 1.165) is 12.1 Å². The molecule has 106 valence electrons. The monoisotopic (exact) mass is 280 g/mol. The number of carbonyl (C=O) groups is 1. The maximum absolute atomic E-state index is 14.0. The average molecular weight is 280 g/mol. The fraction of sp³-hybridized carbons (Fsp3) is 0.214. The van der Waals surface area contributed by atoms with E-state index in [1.807, 2.05) is 0 Å². The van der Waals surface area contributed by atoms with E-state index in [9.17, 15) is 18.7 Å². The lowest BCUT2D eigenvalue weighted by Gasteiger charge is -2.32. The number of aliphatic carboxylic acids is 1. The highest BCUT2D eigenvalue weighted by Gasteiger charge is 2.41. The van der Waals surface area contributed by atoms with Crippen LogP contribution in [0.5, 0.6) is 0 Å². The van der Waals surface area contributed by atoms with Gasteiger partial charge < -0.3 is 15.3 Å². The van der Waals surface area contributed by atoms with Crippen LogP contribution in [0, 0.1) is 11.6 Å². The number of nitrogens with one attached hydrogen (secondary N) is 1. The van der Waals surface area contributed by atoms with Gasteiger partial charge in [0.1, 0.15) is 11.6 Å². The van der Waals surface area contributed by atoms with E-state index in [1.165, 1.54) is 12.3 Å². The molecule has 1 atom stereocenters. The van der Waals surface area contributed by atoms with Gasteiger partial charge in [-0.1, -0.05) is 0 Å². The third-order valence-corrected chi connectivity index (χ3v) is 3.14. The Hall–Kier alpha value is -2.37. The molecule has 0 fully saturated rings. The van der Waals surface area contributed by atoms with Crippen LogP contribution >= 0.6 is 0 Å². The maximum atomic E-state index is 14.0. The molecule has 2 rings (SSSR count). The third kappa shape index (κ3) is 2.24. The summed E-state index contributed by atoms with van der Waals surface area (Å²) in [5, 5.41) is 12.2. The van der Waals surface area contributed by atoms with E-state index in [2.05, 4.69) is 5.32 Å². The lowest BCUT2D eigenvalue weighted by atomic mass is 9.86. The maximum Gasteiger partial charge on any atom is 0.338 e. The van der Waals surface area contributed by atoms with Gasteiger partial charge in [-0.15, -0.1) is 0 Å². The molecule has 2 N–H and O–H groups in total. The Morgan fingerprint density at radius 2 is 2.05 bits per heavy atom. The van der Waals surface area contributed by atoms with E-state index in [1.54, 1.807) is 25.1 Å². The zero-order valence-electron chi connectivity index (χ0n) is 11.0. The highest BCUT2D eigenvalue weighted by molar-refractivity contribution is 5.84. The summed E-state index contributed by atoms with van der Waals surface area (Å²) in [6, 6.07) is 2.84. The first-order valence-electron chi connectivity index (χ1n) is 5.90. The van der Waals surface area contributed by atoms with Crippen molar-refractivity contribution >= 4 is 5.97 Å². The van der Waals surface area contributed by atoms with Gasteiger partial charge in [-0.05, 0) is 30.5 Å². The fourth-order valence-corrected chi connectivity index (χ4v) is 2.05. The van der Waals surface area contributed by atoms with Crippen molar-refractivity contribution < 1.29 is 18.7 Å². The second kappa shape index (κ2) is 4.96. The number of carboxylic acid groups (broad SMARTS) is 1. The SMILES string of the molecule is CN(C)C1=CC(C(=O)O)(c2ccc(F)cc2F)NC=C1. The molecule has 4 nitrogen and oxygen atoms in total. The number of carboxylic acids is 1. The van der Waals surface area contributed by atoms with E-state index < -0.39 is 23.1 Å². The molecule has 1 aliphatic rings. The molecular formula is C14H14F2N2O2. The van der Waals surface area contributed by atoms with E-state index in [-0.39, 0.29) is 5.56 Å². The number of allylic oxidation sites excluding steroid dienone is 1. The van der Waals surface area contributed by atoms with Crippen molar-refractivity contribution in [2.75, 3.05) is 14.1 Å². The Labute approximate surface area is 115 Å². The first-order valence-corrected chi connectivity index (χ1v) is 5.90. The second-order valence-corrected chi connectivity index (χ2v) is 4.68. The zero-order chi connectivity index (χ0) is 14.9. The van der Waals surface area contributed by atoms with Gasteiger partial charge in [-0.3, -0.25) is 0 Å². The lowest BCUT2D eigenvalue weighted by molar-refractivity contribution is -0.143. The summed E-state index contributed by atoms with van der Waals surface area (Å²) in [5.41, 5.74) is -1.29. The average Bonchev–Trinajstić information content (AvgIpc) is 2.38. The number of likely N-dealkylation sites (N-methyl/N-ethyl adjacent to an activating group) is 1. The normalized spacial score (nSPS) is 21.1. The lowest BCUT2D eigenvalue weighted by Crippen LogP contribution is -2.48. The van der Waals surface area contributed by atoms with Crippen molar-refractivity contribution in [1.82, 2.24) is 10.2 Å². The van der Waals surface area contributed by atoms with Crippen LogP contribution in [0.2, 0.25) is 0 Å². The van der Waals surface area contributed by atoms with Gasteiger partial charge in [0.05, 0.1) is 0 Å². The standard InChI is InChI=1S/C14H14F2N2O2/c1-18(2)10-5-6-17-14(8-10,13(19)20)11-4-3-9(15)7-12(11)16/h3-8,17H,1-2H3,(H,19,20). The minimum atomic E-state index is -1.76. The van der Waals surface area contributed by atoms with Crippen molar-refractivity contribution in [3.05, 3.63) is 59.4 Å². The summed E-state index contributed by atoms with van der Waals surface area (Å²) in [6.45, 7) is 0. The molecule has 0 spiro atoms. The summed E-state index contributed by atoms with van der Waals surface area (Å²) < 4.78 is 27.0. The Kier molecular flexibility index (Phi) is 3.48. The number of rotatable bonds is 3. The number of dihydropyridines is 1. The molecule has 0 aromatic heterocycles. The molecule has 1 heterocycles. The van der Waals surface area contributed by atoms with E-state index in [4.69, 9.17) is 0 Å². The second-order valence-electron chi connectivity index (χ2n) is 4.68. The first kappa shape index (κ1) is 14.0. The largest absolute Gasteiger partial charge is 0.479 e. The van der Waals surface area contributed by atoms with Crippen LogP contribution in [-0.4, -0.2) is 30.1 Å². The van der Waals surface area contributed by atoms with Gasteiger partial charge in [-0.2, -0.15) is 0 Å². The van der Waals surface area contributed by atoms with Crippen molar-refractivity contribution in [2.24, 2.45) is 0 Å². The third-order valence-electron chi connectivity index (χ3n) is 3.14. The van der Waals surface area contributed by atoms with Crippen LogP contribution < -0.4 is 5.32 Å². The van der Waals surface area contributed by atoms with Gasteiger partial charge in [0.15, 0.2) is 5.54 Å². The summed E-state index contributed by atoms with van der Waals surface area (Å²) >= 11 is 0. The molecule has 0 aliphatic carbocycles. The number of halogens is 2. The minimum Gasteiger partial charge on any atom is -0.479 e.